The SMILES string of the molecule is CN=C(NCc1ccccc1Cl)c1ccccc1N. The lowest BCUT2D eigenvalue weighted by atomic mass is 10.1. The predicted octanol–water partition coefficient (Wildman–Crippen LogP) is 3.09. The minimum absolute atomic E-state index is 0.612. The van der Waals surface area contributed by atoms with Gasteiger partial charge in [-0.05, 0) is 23.8 Å². The van der Waals surface area contributed by atoms with Gasteiger partial charge in [0.05, 0.1) is 0 Å². The number of nitrogens with one attached hydrogen (secondary N) is 1. The van der Waals surface area contributed by atoms with E-state index in [4.69, 9.17) is 17.3 Å². The van der Waals surface area contributed by atoms with Crippen molar-refractivity contribution in [1.82, 2.24) is 5.32 Å². The molecule has 0 fully saturated rings. The Hall–Kier alpha value is -2.00. The van der Waals surface area contributed by atoms with Crippen molar-refractivity contribution in [1.29, 1.82) is 0 Å². The second kappa shape index (κ2) is 6.25. The fraction of sp³-hybridized carbons (Fsp3) is 0.133. The Kier molecular flexibility index (Phi) is 4.42. The molecule has 0 aromatic heterocycles. The molecule has 0 saturated heterocycles. The molecule has 0 spiro atoms. The van der Waals surface area contributed by atoms with Crippen molar-refractivity contribution < 1.29 is 0 Å². The summed E-state index contributed by atoms with van der Waals surface area (Å²) in [6.45, 7) is 0.612. The van der Waals surface area contributed by atoms with E-state index in [1.807, 2.05) is 48.5 Å². The van der Waals surface area contributed by atoms with Crippen LogP contribution in [0.3, 0.4) is 0 Å². The molecule has 3 N–H and O–H groups in total. The summed E-state index contributed by atoms with van der Waals surface area (Å²) in [6, 6.07) is 15.4. The van der Waals surface area contributed by atoms with Crippen molar-refractivity contribution in [3.05, 3.63) is 64.7 Å². The third-order valence-electron chi connectivity index (χ3n) is 2.84. The van der Waals surface area contributed by atoms with Gasteiger partial charge in [0, 0.05) is 29.9 Å². The molecule has 0 bridgehead atoms. The van der Waals surface area contributed by atoms with Crippen LogP contribution in [0.5, 0.6) is 0 Å². The van der Waals surface area contributed by atoms with Crippen molar-refractivity contribution in [2.45, 2.75) is 6.54 Å². The molecule has 0 heterocycles. The first-order valence-corrected chi connectivity index (χ1v) is 6.39. The maximum absolute atomic E-state index is 6.12. The minimum atomic E-state index is 0.612. The first kappa shape index (κ1) is 13.4. The number of hydrogen-bond acceptors (Lipinski definition) is 2. The number of nitrogens with two attached hydrogens (primary N) is 1. The normalized spacial score (nSPS) is 11.4. The van der Waals surface area contributed by atoms with Crippen LogP contribution in [-0.2, 0) is 6.54 Å². The zero-order chi connectivity index (χ0) is 13.7. The summed E-state index contributed by atoms with van der Waals surface area (Å²) in [5.74, 6) is 0.762. The summed E-state index contributed by atoms with van der Waals surface area (Å²) in [5, 5.41) is 4.01. The molecular weight excluding hydrogens is 258 g/mol. The monoisotopic (exact) mass is 273 g/mol. The topological polar surface area (TPSA) is 50.4 Å². The van der Waals surface area contributed by atoms with E-state index in [2.05, 4.69) is 10.3 Å². The molecule has 0 aliphatic heterocycles. The quantitative estimate of drug-likeness (QED) is 0.513. The van der Waals surface area contributed by atoms with E-state index >= 15 is 0 Å². The number of para-hydroxylation sites is 1. The molecule has 0 aliphatic carbocycles. The molecule has 0 saturated carbocycles. The highest BCUT2D eigenvalue weighted by molar-refractivity contribution is 6.31. The first-order chi connectivity index (χ1) is 9.22. The molecule has 0 unspecified atom stereocenters. The van der Waals surface area contributed by atoms with E-state index in [9.17, 15) is 0 Å². The molecule has 19 heavy (non-hydrogen) atoms. The van der Waals surface area contributed by atoms with Crippen LogP contribution in [0.15, 0.2) is 53.5 Å². The zero-order valence-electron chi connectivity index (χ0n) is 10.7. The largest absolute Gasteiger partial charge is 0.398 e. The van der Waals surface area contributed by atoms with Crippen molar-refractivity contribution in [3.63, 3.8) is 0 Å². The highest BCUT2D eigenvalue weighted by atomic mass is 35.5. The third-order valence-corrected chi connectivity index (χ3v) is 3.21. The molecular formula is C15H16ClN3. The van der Waals surface area contributed by atoms with E-state index in [1.54, 1.807) is 7.05 Å². The van der Waals surface area contributed by atoms with Crippen molar-refractivity contribution in [3.8, 4) is 0 Å². The average Bonchev–Trinajstić information content (AvgIpc) is 2.43. The molecule has 0 atom stereocenters. The summed E-state index contributed by atoms with van der Waals surface area (Å²) in [4.78, 5) is 4.25. The minimum Gasteiger partial charge on any atom is -0.398 e. The van der Waals surface area contributed by atoms with Crippen LogP contribution in [0.4, 0.5) is 5.69 Å². The molecule has 0 amide bonds. The summed E-state index contributed by atoms with van der Waals surface area (Å²) in [5.41, 5.74) is 8.58. The predicted molar refractivity (Wildman–Crippen MR) is 81.6 cm³/mol. The number of halogens is 1. The number of nitrogen functional groups attached to an aromatic ring is 1. The van der Waals surface area contributed by atoms with E-state index < -0.39 is 0 Å². The number of rotatable bonds is 3. The smallest absolute Gasteiger partial charge is 0.130 e. The Morgan fingerprint density at radius 1 is 1.16 bits per heavy atom. The molecule has 2 aromatic rings. The molecule has 3 nitrogen and oxygen atoms in total. The number of anilines is 1. The van der Waals surface area contributed by atoms with Gasteiger partial charge in [0.2, 0.25) is 0 Å². The Labute approximate surface area is 118 Å². The highest BCUT2D eigenvalue weighted by Gasteiger charge is 2.06. The van der Waals surface area contributed by atoms with Crippen LogP contribution in [0, 0.1) is 0 Å². The maximum Gasteiger partial charge on any atom is 0.130 e. The van der Waals surface area contributed by atoms with Crippen LogP contribution < -0.4 is 11.1 Å². The van der Waals surface area contributed by atoms with Crippen molar-refractivity contribution >= 4 is 23.1 Å². The van der Waals surface area contributed by atoms with Crippen molar-refractivity contribution in [2.24, 2.45) is 4.99 Å². The fourth-order valence-electron chi connectivity index (χ4n) is 1.83. The van der Waals surface area contributed by atoms with Gasteiger partial charge in [-0.1, -0.05) is 41.9 Å². The van der Waals surface area contributed by atoms with Crippen LogP contribution in [0.2, 0.25) is 5.02 Å². The van der Waals surface area contributed by atoms with Gasteiger partial charge in [0.1, 0.15) is 5.84 Å². The summed E-state index contributed by atoms with van der Waals surface area (Å²) < 4.78 is 0. The lowest BCUT2D eigenvalue weighted by molar-refractivity contribution is 0.912. The average molecular weight is 274 g/mol. The Balaban J connectivity index is 2.14. The van der Waals surface area contributed by atoms with E-state index in [0.717, 1.165) is 22.0 Å². The molecule has 0 aliphatic rings. The van der Waals surface area contributed by atoms with Gasteiger partial charge in [0.15, 0.2) is 0 Å². The van der Waals surface area contributed by atoms with Crippen LogP contribution in [-0.4, -0.2) is 12.9 Å². The van der Waals surface area contributed by atoms with Gasteiger partial charge >= 0.3 is 0 Å². The van der Waals surface area contributed by atoms with E-state index in [0.29, 0.717) is 12.2 Å². The molecule has 4 heteroatoms. The van der Waals surface area contributed by atoms with Gasteiger partial charge in [-0.15, -0.1) is 0 Å². The lowest BCUT2D eigenvalue weighted by Gasteiger charge is -2.12. The number of hydrogen-bond donors (Lipinski definition) is 2. The fourth-order valence-corrected chi connectivity index (χ4v) is 2.03. The second-order valence-electron chi connectivity index (χ2n) is 4.10. The van der Waals surface area contributed by atoms with E-state index in [1.165, 1.54) is 0 Å². The number of nitrogens with zero attached hydrogens (tertiary/aromatic N) is 1. The molecule has 2 rings (SSSR count). The van der Waals surface area contributed by atoms with Crippen molar-refractivity contribution in [2.75, 3.05) is 12.8 Å². The Bertz CT molecular complexity index is 593. The summed E-state index contributed by atoms with van der Waals surface area (Å²) in [7, 11) is 1.74. The Morgan fingerprint density at radius 2 is 1.84 bits per heavy atom. The van der Waals surface area contributed by atoms with Gasteiger partial charge in [-0.2, -0.15) is 0 Å². The zero-order valence-corrected chi connectivity index (χ0v) is 11.5. The second-order valence-corrected chi connectivity index (χ2v) is 4.51. The lowest BCUT2D eigenvalue weighted by Crippen LogP contribution is -2.25. The van der Waals surface area contributed by atoms with Crippen LogP contribution >= 0.6 is 11.6 Å². The van der Waals surface area contributed by atoms with Gasteiger partial charge in [-0.3, -0.25) is 4.99 Å². The van der Waals surface area contributed by atoms with Gasteiger partial charge in [-0.25, -0.2) is 0 Å². The summed E-state index contributed by atoms with van der Waals surface area (Å²) >= 11 is 6.12. The van der Waals surface area contributed by atoms with Crippen LogP contribution in [0.25, 0.3) is 0 Å². The van der Waals surface area contributed by atoms with Gasteiger partial charge in [0.25, 0.3) is 0 Å². The first-order valence-electron chi connectivity index (χ1n) is 6.01. The number of benzene rings is 2. The molecule has 0 radical (unpaired) electrons. The maximum atomic E-state index is 6.12. The van der Waals surface area contributed by atoms with Crippen LogP contribution in [0.1, 0.15) is 11.1 Å². The number of aliphatic imine (C=N–C) groups is 1. The molecule has 2 aromatic carbocycles. The van der Waals surface area contributed by atoms with E-state index in [-0.39, 0.29) is 0 Å². The number of amidine groups is 1. The third kappa shape index (κ3) is 3.26. The standard InChI is InChI=1S/C15H16ClN3/c1-18-15(12-7-3-5-9-14(12)17)19-10-11-6-2-4-8-13(11)16/h2-9H,10,17H2,1H3,(H,18,19). The summed E-state index contributed by atoms with van der Waals surface area (Å²) in [6.07, 6.45) is 0. The van der Waals surface area contributed by atoms with Gasteiger partial charge < -0.3 is 11.1 Å². The highest BCUT2D eigenvalue weighted by Crippen LogP contribution is 2.15. The Morgan fingerprint density at radius 3 is 2.53 bits per heavy atom. The molecule has 98 valence electrons.